The Hall–Kier alpha value is -0.0900. The highest BCUT2D eigenvalue weighted by molar-refractivity contribution is 9.10. The van der Waals surface area contributed by atoms with Gasteiger partial charge in [0, 0.05) is 27.7 Å². The lowest BCUT2D eigenvalue weighted by Gasteiger charge is -2.23. The molecule has 0 aliphatic carbocycles. The van der Waals surface area contributed by atoms with Crippen LogP contribution in [0.25, 0.3) is 0 Å². The predicted molar refractivity (Wildman–Crippen MR) is 79.2 cm³/mol. The summed E-state index contributed by atoms with van der Waals surface area (Å²) in [4.78, 5) is 0. The van der Waals surface area contributed by atoms with Crippen LogP contribution in [0.5, 0.6) is 0 Å². The molecule has 0 spiro atoms. The van der Waals surface area contributed by atoms with Crippen LogP contribution < -0.4 is 5.32 Å². The molecule has 0 saturated carbocycles. The summed E-state index contributed by atoms with van der Waals surface area (Å²) in [6.07, 6.45) is 3.67. The summed E-state index contributed by atoms with van der Waals surface area (Å²) in [6.45, 7) is 3.94. The Labute approximate surface area is 122 Å². The van der Waals surface area contributed by atoms with Crippen molar-refractivity contribution in [2.75, 3.05) is 13.2 Å². The Kier molecular flexibility index (Phi) is 5.49. The van der Waals surface area contributed by atoms with E-state index in [2.05, 4.69) is 28.2 Å². The molecule has 0 bridgehead atoms. The summed E-state index contributed by atoms with van der Waals surface area (Å²) in [5.41, 5.74) is 1.15. The average molecular weight is 333 g/mol. The number of hydrogen-bond donors (Lipinski definition) is 1. The van der Waals surface area contributed by atoms with Crippen molar-refractivity contribution in [2.45, 2.75) is 38.3 Å². The molecule has 1 aromatic rings. The van der Waals surface area contributed by atoms with Gasteiger partial charge in [0.2, 0.25) is 0 Å². The van der Waals surface area contributed by atoms with Gasteiger partial charge >= 0.3 is 0 Å². The van der Waals surface area contributed by atoms with Gasteiger partial charge in [-0.3, -0.25) is 0 Å². The molecule has 1 saturated heterocycles. The second kappa shape index (κ2) is 6.90. The number of ether oxygens (including phenoxy) is 1. The molecule has 1 aromatic carbocycles. The molecule has 1 aliphatic heterocycles. The summed E-state index contributed by atoms with van der Waals surface area (Å²) in [5.74, 6) is 0. The molecule has 1 fully saturated rings. The first-order valence-electron chi connectivity index (χ1n) is 6.51. The van der Waals surface area contributed by atoms with Gasteiger partial charge in [-0.1, -0.05) is 40.5 Å². The third kappa shape index (κ3) is 3.47. The van der Waals surface area contributed by atoms with Crippen molar-refractivity contribution in [3.05, 3.63) is 33.3 Å². The largest absolute Gasteiger partial charge is 0.378 e. The molecule has 1 aliphatic rings. The Morgan fingerprint density at radius 1 is 1.56 bits per heavy atom. The Morgan fingerprint density at radius 3 is 3.00 bits per heavy atom. The van der Waals surface area contributed by atoms with Crippen LogP contribution in [0.15, 0.2) is 22.7 Å². The number of hydrogen-bond acceptors (Lipinski definition) is 2. The first kappa shape index (κ1) is 14.3. The Bertz CT molecular complexity index is 373. The van der Waals surface area contributed by atoms with Gasteiger partial charge in [-0.15, -0.1) is 0 Å². The van der Waals surface area contributed by atoms with Crippen LogP contribution in [-0.4, -0.2) is 19.3 Å². The smallest absolute Gasteiger partial charge is 0.0594 e. The molecule has 2 atom stereocenters. The molecule has 2 rings (SSSR count). The Morgan fingerprint density at radius 2 is 2.39 bits per heavy atom. The highest BCUT2D eigenvalue weighted by Gasteiger charge is 2.24. The lowest BCUT2D eigenvalue weighted by atomic mass is 9.99. The fourth-order valence-electron chi connectivity index (χ4n) is 2.49. The summed E-state index contributed by atoms with van der Waals surface area (Å²) in [7, 11) is 0. The standard InChI is InChI=1S/C14H19BrClNO/c1-2-17-13(9-10-5-4-8-18-10)14-11(15)6-3-7-12(14)16/h3,6-7,10,13,17H,2,4-5,8-9H2,1H3. The van der Waals surface area contributed by atoms with E-state index in [1.165, 1.54) is 6.42 Å². The Balaban J connectivity index is 2.17. The van der Waals surface area contributed by atoms with E-state index in [9.17, 15) is 0 Å². The normalized spacial score (nSPS) is 21.2. The van der Waals surface area contributed by atoms with E-state index in [4.69, 9.17) is 16.3 Å². The van der Waals surface area contributed by atoms with Crippen LogP contribution in [0.2, 0.25) is 5.02 Å². The molecule has 0 amide bonds. The van der Waals surface area contributed by atoms with Gasteiger partial charge in [0.05, 0.1) is 6.10 Å². The predicted octanol–water partition coefficient (Wildman–Crippen LogP) is 4.32. The van der Waals surface area contributed by atoms with Crippen molar-refractivity contribution in [1.29, 1.82) is 0 Å². The number of benzene rings is 1. The number of nitrogens with one attached hydrogen (secondary N) is 1. The lowest BCUT2D eigenvalue weighted by Crippen LogP contribution is -2.25. The second-order valence-electron chi connectivity index (χ2n) is 4.62. The van der Waals surface area contributed by atoms with Crippen LogP contribution in [0.3, 0.4) is 0 Å². The third-order valence-corrected chi connectivity index (χ3v) is 4.34. The van der Waals surface area contributed by atoms with Crippen LogP contribution in [-0.2, 0) is 4.74 Å². The fraction of sp³-hybridized carbons (Fsp3) is 0.571. The summed E-state index contributed by atoms with van der Waals surface area (Å²) >= 11 is 9.94. The minimum Gasteiger partial charge on any atom is -0.378 e. The maximum atomic E-state index is 6.33. The highest BCUT2D eigenvalue weighted by Crippen LogP contribution is 2.34. The van der Waals surface area contributed by atoms with Gasteiger partial charge in [0.25, 0.3) is 0 Å². The molecule has 4 heteroatoms. The zero-order chi connectivity index (χ0) is 13.0. The molecule has 18 heavy (non-hydrogen) atoms. The highest BCUT2D eigenvalue weighted by atomic mass is 79.9. The molecular formula is C14H19BrClNO. The van der Waals surface area contributed by atoms with Gasteiger partial charge in [-0.2, -0.15) is 0 Å². The second-order valence-corrected chi connectivity index (χ2v) is 5.88. The fourth-order valence-corrected chi connectivity index (χ4v) is 3.55. The average Bonchev–Trinajstić information content (AvgIpc) is 2.82. The monoisotopic (exact) mass is 331 g/mol. The zero-order valence-corrected chi connectivity index (χ0v) is 12.9. The van der Waals surface area contributed by atoms with Crippen LogP contribution in [0, 0.1) is 0 Å². The number of rotatable bonds is 5. The zero-order valence-electron chi connectivity index (χ0n) is 10.6. The molecule has 0 aromatic heterocycles. The van der Waals surface area contributed by atoms with Crippen LogP contribution in [0.1, 0.15) is 37.8 Å². The van der Waals surface area contributed by atoms with Gasteiger partial charge < -0.3 is 10.1 Å². The van der Waals surface area contributed by atoms with Gasteiger partial charge in [0.1, 0.15) is 0 Å². The quantitative estimate of drug-likeness (QED) is 0.867. The van der Waals surface area contributed by atoms with Crippen molar-refractivity contribution >= 4 is 27.5 Å². The molecule has 100 valence electrons. The van der Waals surface area contributed by atoms with E-state index in [1.807, 2.05) is 18.2 Å². The van der Waals surface area contributed by atoms with Crippen LogP contribution in [0.4, 0.5) is 0 Å². The minimum atomic E-state index is 0.251. The van der Waals surface area contributed by atoms with E-state index in [-0.39, 0.29) is 6.04 Å². The molecule has 1 heterocycles. The molecule has 0 radical (unpaired) electrons. The van der Waals surface area contributed by atoms with E-state index < -0.39 is 0 Å². The SMILES string of the molecule is CCNC(CC1CCCO1)c1c(Cl)cccc1Br. The molecular weight excluding hydrogens is 314 g/mol. The molecule has 2 unspecified atom stereocenters. The van der Waals surface area contributed by atoms with E-state index in [0.717, 1.165) is 41.1 Å². The maximum absolute atomic E-state index is 6.33. The summed E-state index contributed by atoms with van der Waals surface area (Å²) in [6, 6.07) is 6.20. The molecule has 2 nitrogen and oxygen atoms in total. The third-order valence-electron chi connectivity index (χ3n) is 3.32. The van der Waals surface area contributed by atoms with Crippen molar-refractivity contribution < 1.29 is 4.74 Å². The first-order chi connectivity index (χ1) is 8.72. The van der Waals surface area contributed by atoms with E-state index in [0.29, 0.717) is 6.10 Å². The van der Waals surface area contributed by atoms with Crippen molar-refractivity contribution in [3.63, 3.8) is 0 Å². The maximum Gasteiger partial charge on any atom is 0.0594 e. The summed E-state index contributed by atoms with van der Waals surface area (Å²) < 4.78 is 6.80. The van der Waals surface area contributed by atoms with Gasteiger partial charge in [-0.25, -0.2) is 0 Å². The first-order valence-corrected chi connectivity index (χ1v) is 7.68. The van der Waals surface area contributed by atoms with E-state index in [1.54, 1.807) is 0 Å². The topological polar surface area (TPSA) is 21.3 Å². The van der Waals surface area contributed by atoms with Gasteiger partial charge in [0.15, 0.2) is 0 Å². The summed E-state index contributed by atoms with van der Waals surface area (Å²) in [5, 5.41) is 4.33. The lowest BCUT2D eigenvalue weighted by molar-refractivity contribution is 0.0947. The minimum absolute atomic E-state index is 0.251. The van der Waals surface area contributed by atoms with Gasteiger partial charge in [-0.05, 0) is 37.9 Å². The number of halogens is 2. The van der Waals surface area contributed by atoms with Crippen LogP contribution >= 0.6 is 27.5 Å². The van der Waals surface area contributed by atoms with Crippen molar-refractivity contribution in [2.24, 2.45) is 0 Å². The van der Waals surface area contributed by atoms with Crippen molar-refractivity contribution in [1.82, 2.24) is 5.32 Å². The van der Waals surface area contributed by atoms with E-state index >= 15 is 0 Å². The van der Waals surface area contributed by atoms with Crippen molar-refractivity contribution in [3.8, 4) is 0 Å². The molecule has 1 N–H and O–H groups in total.